The van der Waals surface area contributed by atoms with E-state index < -0.39 is 5.54 Å². The van der Waals surface area contributed by atoms with Gasteiger partial charge in [-0.3, -0.25) is 4.79 Å². The standard InChI is InChI=1S/C16H26N2O3/c1-7-17-16(3,4)15(19)18-11(2)13-10-12(20-5)8-9-14(13)21-6/h8-11,17H,7H2,1-6H3,(H,18,19). The number of carbonyl (C=O) groups is 1. The fraction of sp³-hybridized carbons (Fsp3) is 0.562. The lowest BCUT2D eigenvalue weighted by molar-refractivity contribution is -0.127. The van der Waals surface area contributed by atoms with Crippen molar-refractivity contribution in [2.24, 2.45) is 0 Å². The van der Waals surface area contributed by atoms with Crippen molar-refractivity contribution < 1.29 is 14.3 Å². The van der Waals surface area contributed by atoms with E-state index >= 15 is 0 Å². The monoisotopic (exact) mass is 294 g/mol. The van der Waals surface area contributed by atoms with E-state index in [1.54, 1.807) is 14.2 Å². The van der Waals surface area contributed by atoms with E-state index in [1.165, 1.54) is 0 Å². The topological polar surface area (TPSA) is 59.6 Å². The van der Waals surface area contributed by atoms with Gasteiger partial charge in [-0.25, -0.2) is 0 Å². The molecule has 5 nitrogen and oxygen atoms in total. The molecular formula is C16H26N2O3. The van der Waals surface area contributed by atoms with Crippen LogP contribution in [0.5, 0.6) is 11.5 Å². The lowest BCUT2D eigenvalue weighted by Gasteiger charge is -2.27. The predicted molar refractivity (Wildman–Crippen MR) is 83.9 cm³/mol. The molecule has 21 heavy (non-hydrogen) atoms. The fourth-order valence-corrected chi connectivity index (χ4v) is 2.15. The molecule has 0 aliphatic rings. The Morgan fingerprint density at radius 2 is 1.95 bits per heavy atom. The van der Waals surface area contributed by atoms with Crippen LogP contribution in [0.1, 0.15) is 39.3 Å². The van der Waals surface area contributed by atoms with Gasteiger partial charge in [0.2, 0.25) is 5.91 Å². The molecule has 0 saturated carbocycles. The number of methoxy groups -OCH3 is 2. The lowest BCUT2D eigenvalue weighted by Crippen LogP contribution is -2.53. The van der Waals surface area contributed by atoms with Gasteiger partial charge in [0, 0.05) is 5.56 Å². The molecule has 0 saturated heterocycles. The number of benzene rings is 1. The van der Waals surface area contributed by atoms with Gasteiger partial charge in [-0.2, -0.15) is 0 Å². The van der Waals surface area contributed by atoms with Gasteiger partial charge < -0.3 is 20.1 Å². The first-order valence-corrected chi connectivity index (χ1v) is 7.13. The van der Waals surface area contributed by atoms with Gasteiger partial charge in [-0.1, -0.05) is 6.92 Å². The van der Waals surface area contributed by atoms with Gasteiger partial charge in [0.1, 0.15) is 11.5 Å². The highest BCUT2D eigenvalue weighted by Crippen LogP contribution is 2.29. The number of likely N-dealkylation sites (N-methyl/N-ethyl adjacent to an activating group) is 1. The van der Waals surface area contributed by atoms with Gasteiger partial charge >= 0.3 is 0 Å². The molecule has 0 aromatic heterocycles. The molecule has 1 aromatic rings. The van der Waals surface area contributed by atoms with E-state index in [2.05, 4.69) is 10.6 Å². The predicted octanol–water partition coefficient (Wildman–Crippen LogP) is 2.27. The number of carbonyl (C=O) groups excluding carboxylic acids is 1. The van der Waals surface area contributed by atoms with Crippen LogP contribution in [0.25, 0.3) is 0 Å². The molecular weight excluding hydrogens is 268 g/mol. The SMILES string of the molecule is CCNC(C)(C)C(=O)NC(C)c1cc(OC)ccc1OC. The minimum absolute atomic E-state index is 0.0540. The molecule has 0 spiro atoms. The molecule has 0 fully saturated rings. The van der Waals surface area contributed by atoms with Gasteiger partial charge in [0.05, 0.1) is 25.8 Å². The first kappa shape index (κ1) is 17.3. The van der Waals surface area contributed by atoms with Crippen LogP contribution in [-0.4, -0.2) is 32.2 Å². The number of nitrogens with one attached hydrogen (secondary N) is 2. The maximum absolute atomic E-state index is 12.3. The minimum Gasteiger partial charge on any atom is -0.497 e. The quantitative estimate of drug-likeness (QED) is 0.810. The van der Waals surface area contributed by atoms with Crippen molar-refractivity contribution in [2.45, 2.75) is 39.3 Å². The highest BCUT2D eigenvalue weighted by molar-refractivity contribution is 5.85. The Bertz CT molecular complexity index is 486. The first-order valence-electron chi connectivity index (χ1n) is 7.13. The van der Waals surface area contributed by atoms with Crippen LogP contribution in [-0.2, 0) is 4.79 Å². The second-order valence-electron chi connectivity index (χ2n) is 5.46. The van der Waals surface area contributed by atoms with Gasteiger partial charge in [0.15, 0.2) is 0 Å². The second-order valence-corrected chi connectivity index (χ2v) is 5.46. The molecule has 0 aliphatic heterocycles. The van der Waals surface area contributed by atoms with Gasteiger partial charge in [-0.15, -0.1) is 0 Å². The summed E-state index contributed by atoms with van der Waals surface area (Å²) in [7, 11) is 3.23. The zero-order valence-corrected chi connectivity index (χ0v) is 13.7. The molecule has 0 radical (unpaired) electrons. The summed E-state index contributed by atoms with van der Waals surface area (Å²) in [4.78, 5) is 12.3. The van der Waals surface area contributed by atoms with Crippen LogP contribution in [0.2, 0.25) is 0 Å². The van der Waals surface area contributed by atoms with E-state index in [4.69, 9.17) is 9.47 Å². The van der Waals surface area contributed by atoms with Crippen LogP contribution < -0.4 is 20.1 Å². The summed E-state index contributed by atoms with van der Waals surface area (Å²) in [5, 5.41) is 6.17. The summed E-state index contributed by atoms with van der Waals surface area (Å²) in [6.07, 6.45) is 0. The van der Waals surface area contributed by atoms with Crippen molar-refractivity contribution in [2.75, 3.05) is 20.8 Å². The van der Waals surface area contributed by atoms with Crippen LogP contribution >= 0.6 is 0 Å². The Morgan fingerprint density at radius 1 is 1.29 bits per heavy atom. The molecule has 1 atom stereocenters. The zero-order chi connectivity index (χ0) is 16.0. The normalized spacial score (nSPS) is 12.7. The first-order chi connectivity index (χ1) is 9.85. The molecule has 1 aromatic carbocycles. The van der Waals surface area contributed by atoms with Gasteiger partial charge in [-0.05, 0) is 45.5 Å². The molecule has 118 valence electrons. The highest BCUT2D eigenvalue weighted by Gasteiger charge is 2.28. The molecule has 0 aliphatic carbocycles. The molecule has 1 rings (SSSR count). The molecule has 2 N–H and O–H groups in total. The van der Waals surface area contributed by atoms with Crippen LogP contribution in [0, 0.1) is 0 Å². The van der Waals surface area contributed by atoms with E-state index in [0.717, 1.165) is 23.6 Å². The average molecular weight is 294 g/mol. The summed E-state index contributed by atoms with van der Waals surface area (Å²) in [5.74, 6) is 1.41. The third-order valence-electron chi connectivity index (χ3n) is 3.44. The number of amides is 1. The fourth-order valence-electron chi connectivity index (χ4n) is 2.15. The van der Waals surface area contributed by atoms with E-state index in [-0.39, 0.29) is 11.9 Å². The number of rotatable bonds is 7. The van der Waals surface area contributed by atoms with Crippen molar-refractivity contribution in [1.29, 1.82) is 0 Å². The molecule has 1 amide bonds. The molecule has 0 bridgehead atoms. The lowest BCUT2D eigenvalue weighted by atomic mass is 10.0. The summed E-state index contributed by atoms with van der Waals surface area (Å²) in [5.41, 5.74) is 0.271. The van der Waals surface area contributed by atoms with Crippen LogP contribution in [0.15, 0.2) is 18.2 Å². The number of hydrogen-bond acceptors (Lipinski definition) is 4. The number of ether oxygens (including phenoxy) is 2. The van der Waals surface area contributed by atoms with Crippen molar-refractivity contribution in [1.82, 2.24) is 10.6 Å². The minimum atomic E-state index is -0.616. The average Bonchev–Trinajstić information content (AvgIpc) is 2.46. The van der Waals surface area contributed by atoms with Crippen LogP contribution in [0.3, 0.4) is 0 Å². The molecule has 1 unspecified atom stereocenters. The van der Waals surface area contributed by atoms with Crippen molar-refractivity contribution in [3.05, 3.63) is 23.8 Å². The summed E-state index contributed by atoms with van der Waals surface area (Å²) in [6, 6.07) is 5.37. The Kier molecular flexibility index (Phi) is 6.03. The maximum atomic E-state index is 12.3. The Balaban J connectivity index is 2.93. The third-order valence-corrected chi connectivity index (χ3v) is 3.44. The highest BCUT2D eigenvalue weighted by atomic mass is 16.5. The van der Waals surface area contributed by atoms with E-state index in [1.807, 2.05) is 45.9 Å². The zero-order valence-electron chi connectivity index (χ0n) is 13.7. The molecule has 5 heteroatoms. The Labute approximate surface area is 127 Å². The summed E-state index contributed by atoms with van der Waals surface area (Å²) in [6.45, 7) is 8.36. The van der Waals surface area contributed by atoms with Crippen molar-refractivity contribution in [3.63, 3.8) is 0 Å². The Morgan fingerprint density at radius 3 is 2.48 bits per heavy atom. The Hall–Kier alpha value is -1.75. The van der Waals surface area contributed by atoms with E-state index in [0.29, 0.717) is 0 Å². The molecule has 0 heterocycles. The number of hydrogen-bond donors (Lipinski definition) is 2. The third kappa shape index (κ3) is 4.36. The smallest absolute Gasteiger partial charge is 0.240 e. The largest absolute Gasteiger partial charge is 0.497 e. The summed E-state index contributed by atoms with van der Waals surface area (Å²) >= 11 is 0. The van der Waals surface area contributed by atoms with Crippen molar-refractivity contribution in [3.8, 4) is 11.5 Å². The maximum Gasteiger partial charge on any atom is 0.240 e. The van der Waals surface area contributed by atoms with Gasteiger partial charge in [0.25, 0.3) is 0 Å². The van der Waals surface area contributed by atoms with Crippen LogP contribution in [0.4, 0.5) is 0 Å². The van der Waals surface area contributed by atoms with Crippen molar-refractivity contribution >= 4 is 5.91 Å². The van der Waals surface area contributed by atoms with E-state index in [9.17, 15) is 4.79 Å². The summed E-state index contributed by atoms with van der Waals surface area (Å²) < 4.78 is 10.6. The second kappa shape index (κ2) is 7.31.